The Balaban J connectivity index is 0.000000138. The third kappa shape index (κ3) is 19.8. The van der Waals surface area contributed by atoms with Crippen LogP contribution in [0.25, 0.3) is 34.2 Å². The van der Waals surface area contributed by atoms with Crippen LogP contribution in [0.2, 0.25) is 0 Å². The molecule has 6 aromatic carbocycles. The summed E-state index contributed by atoms with van der Waals surface area (Å²) in [5.41, 5.74) is 8.86. The second kappa shape index (κ2) is 37.2. The molecule has 110 heavy (non-hydrogen) atoms. The zero-order valence-electron chi connectivity index (χ0n) is 61.9. The highest BCUT2D eigenvalue weighted by Gasteiger charge is 2.32. The van der Waals surface area contributed by atoms with Gasteiger partial charge in [0.25, 0.3) is 0 Å². The first-order valence-electron chi connectivity index (χ1n) is 37.6. The molecule has 0 bridgehead atoms. The highest BCUT2D eigenvalue weighted by Crippen LogP contribution is 2.38. The minimum atomic E-state index is -0.361. The second-order valence-electron chi connectivity index (χ2n) is 27.6. The molecular formula is C83H90FN17O9. The number of likely N-dealkylation sites (N-methyl/N-ethyl adjacent to an activating group) is 1. The predicted molar refractivity (Wildman–Crippen MR) is 417 cm³/mol. The maximum absolute atomic E-state index is 15.5. The first-order chi connectivity index (χ1) is 54.1. The van der Waals surface area contributed by atoms with Crippen molar-refractivity contribution in [3.05, 3.63) is 175 Å². The number of methoxy groups -OCH3 is 1. The lowest BCUT2D eigenvalue weighted by Gasteiger charge is -2.43. The zero-order chi connectivity index (χ0) is 75.4. The molecule has 0 aliphatic carbocycles. The first-order valence-corrected chi connectivity index (χ1v) is 37.6. The van der Waals surface area contributed by atoms with Gasteiger partial charge >= 0.3 is 0 Å². The smallest absolute Gasteiger partial charge is 0.161 e. The summed E-state index contributed by atoms with van der Waals surface area (Å²) in [4.78, 5) is 38.8. The molecule has 7 aliphatic rings. The van der Waals surface area contributed by atoms with Crippen LogP contribution in [-0.4, -0.2) is 210 Å². The van der Waals surface area contributed by atoms with Crippen molar-refractivity contribution in [1.82, 2.24) is 39.7 Å². The van der Waals surface area contributed by atoms with Crippen molar-refractivity contribution in [2.45, 2.75) is 62.9 Å². The number of nitriles is 3. The van der Waals surface area contributed by atoms with Gasteiger partial charge in [-0.1, -0.05) is 12.1 Å². The van der Waals surface area contributed by atoms with Gasteiger partial charge in [0.05, 0.1) is 95.9 Å². The minimum absolute atomic E-state index is 0.0290. The van der Waals surface area contributed by atoms with E-state index < -0.39 is 0 Å². The lowest BCUT2D eigenvalue weighted by Crippen LogP contribution is -2.56. The largest absolute Gasteiger partial charge is 0.494 e. The maximum atomic E-state index is 15.5. The van der Waals surface area contributed by atoms with Gasteiger partial charge in [0.2, 0.25) is 0 Å². The fourth-order valence-corrected chi connectivity index (χ4v) is 13.9. The average Bonchev–Trinajstić information content (AvgIpc) is 0.810. The van der Waals surface area contributed by atoms with Crippen LogP contribution < -0.4 is 49.6 Å². The molecule has 0 atom stereocenters. The Morgan fingerprint density at radius 1 is 0.418 bits per heavy atom. The van der Waals surface area contributed by atoms with Crippen molar-refractivity contribution >= 4 is 51.6 Å². The van der Waals surface area contributed by atoms with E-state index in [1.165, 1.54) is 11.8 Å². The van der Waals surface area contributed by atoms with Crippen molar-refractivity contribution in [3.63, 3.8) is 0 Å². The van der Waals surface area contributed by atoms with Gasteiger partial charge in [-0.25, -0.2) is 34.3 Å². The van der Waals surface area contributed by atoms with Crippen LogP contribution >= 0.6 is 0 Å². The lowest BCUT2D eigenvalue weighted by molar-refractivity contribution is -0.0661. The van der Waals surface area contributed by atoms with Gasteiger partial charge in [0, 0.05) is 174 Å². The molecule has 27 heteroatoms. The van der Waals surface area contributed by atoms with Crippen LogP contribution in [0.15, 0.2) is 152 Å². The number of ether oxygens (including phenoxy) is 9. The molecule has 3 N–H and O–H groups in total. The summed E-state index contributed by atoms with van der Waals surface area (Å²) >= 11 is 0. The Hall–Kier alpha value is -11.3. The van der Waals surface area contributed by atoms with Gasteiger partial charge < -0.3 is 78.2 Å². The summed E-state index contributed by atoms with van der Waals surface area (Å²) in [6, 6.07) is 48.9. The van der Waals surface area contributed by atoms with Crippen LogP contribution in [0.3, 0.4) is 0 Å². The Morgan fingerprint density at radius 3 is 1.22 bits per heavy atom. The summed E-state index contributed by atoms with van der Waals surface area (Å²) in [6.45, 7) is 16.2. The molecule has 16 rings (SSSR count). The first kappa shape index (κ1) is 75.5. The Morgan fingerprint density at radius 2 is 0.818 bits per heavy atom. The summed E-state index contributed by atoms with van der Waals surface area (Å²) in [5.74, 6) is 5.23. The Labute approximate surface area is 640 Å². The normalized spacial score (nSPS) is 17.4. The Bertz CT molecular complexity index is 4710. The van der Waals surface area contributed by atoms with Gasteiger partial charge in [-0.2, -0.15) is 15.8 Å². The molecule has 7 fully saturated rings. The van der Waals surface area contributed by atoms with Crippen molar-refractivity contribution in [1.29, 1.82) is 15.8 Å². The number of anilines is 9. The van der Waals surface area contributed by atoms with E-state index in [1.807, 2.05) is 65.6 Å². The van der Waals surface area contributed by atoms with E-state index in [0.29, 0.717) is 137 Å². The SMILES string of the molecule is CN1CCN(c2cccc(Nc3ccnc(-c4ccc(OC5CCOCC5)c(C#N)c4)n3)c2)CC1.COc1cc(Nc2ccnc(-c3ccc(OC4CCOCC4)c(C#N)c3)n2)cc(F)c1N1CCN(C2COC2)CC1.N#Cc1cc(-c2nccc(Nc3cccc(N4CCOCC4)c3)n2)ccc1OC1CCOCC1. The molecule has 9 aromatic rings. The number of hydrogen-bond acceptors (Lipinski definition) is 26. The molecule has 0 unspecified atom stereocenters. The fourth-order valence-electron chi connectivity index (χ4n) is 13.9. The molecule has 568 valence electrons. The van der Waals surface area contributed by atoms with Crippen LogP contribution in [0, 0.1) is 39.8 Å². The third-order valence-corrected chi connectivity index (χ3v) is 20.2. The zero-order valence-corrected chi connectivity index (χ0v) is 61.9. The van der Waals surface area contributed by atoms with E-state index >= 15 is 4.39 Å². The molecule has 3 aromatic heterocycles. The number of rotatable bonds is 20. The highest BCUT2D eigenvalue weighted by atomic mass is 19.1. The number of hydrogen-bond donors (Lipinski definition) is 3. The standard InChI is InChI=1S/C30H33FN6O4.C27H30N6O2.C26H27N5O3/c1-38-27-16-22(15-25(31)29(27)37-10-8-36(9-11-37)23-18-40-19-23)34-28-4-7-33-30(35-28)20-2-3-26(21(14-20)17-32)41-24-5-12-39-13-6-24;1-32-11-13-33(14-12-32)23-4-2-3-22(18-23)30-26-7-10-29-27(31-26)20-5-6-25(21(17-20)19-28)35-24-8-15-34-16-9-24;27-18-20-16-19(4-5-24(20)34-23-7-12-32-13-8-23)26-28-9-6-25(30-26)29-21-2-1-3-22(17-21)31-10-14-33-15-11-31/h2-4,7,14-16,23-24H,5-6,8-13,18-19H2,1H3,(H,33,34,35);2-7,10,17-18,24H,8-9,11-16H2,1H3,(H,29,30,31);1-6,9,16-17,23H,7-8,10-15H2,(H,28,29,30). The topological polar surface area (TPSA) is 284 Å². The molecule has 0 amide bonds. The van der Waals surface area contributed by atoms with Crippen LogP contribution in [0.5, 0.6) is 23.0 Å². The van der Waals surface area contributed by atoms with Crippen molar-refractivity contribution in [2.75, 3.05) is 176 Å². The number of nitrogens with zero attached hydrogens (tertiary/aromatic N) is 14. The van der Waals surface area contributed by atoms with E-state index in [-0.39, 0.29) is 24.1 Å². The molecule has 0 saturated carbocycles. The summed E-state index contributed by atoms with van der Waals surface area (Å²) in [5, 5.41) is 39.1. The lowest BCUT2D eigenvalue weighted by atomic mass is 10.1. The van der Waals surface area contributed by atoms with Crippen molar-refractivity contribution < 1.29 is 47.0 Å². The summed E-state index contributed by atoms with van der Waals surface area (Å²) < 4.78 is 66.2. The van der Waals surface area contributed by atoms with E-state index in [9.17, 15) is 15.8 Å². The molecule has 26 nitrogen and oxygen atoms in total. The third-order valence-electron chi connectivity index (χ3n) is 20.2. The van der Waals surface area contributed by atoms with E-state index in [4.69, 9.17) is 47.6 Å². The summed E-state index contributed by atoms with van der Waals surface area (Å²) in [7, 11) is 3.71. The van der Waals surface area contributed by atoms with Crippen molar-refractivity contribution in [2.24, 2.45) is 0 Å². The van der Waals surface area contributed by atoms with Gasteiger partial charge in [-0.15, -0.1) is 0 Å². The van der Waals surface area contributed by atoms with Crippen LogP contribution in [0.1, 0.15) is 55.2 Å². The number of morpholine rings is 1. The predicted octanol–water partition coefficient (Wildman–Crippen LogP) is 12.2. The molecule has 0 spiro atoms. The molecule has 7 aliphatic heterocycles. The second-order valence-corrected chi connectivity index (χ2v) is 27.6. The fraction of sp³-hybridized carbons (Fsp3) is 0.386. The van der Waals surface area contributed by atoms with Gasteiger partial charge in [-0.3, -0.25) is 4.90 Å². The van der Waals surface area contributed by atoms with E-state index in [2.05, 4.69) is 116 Å². The highest BCUT2D eigenvalue weighted by molar-refractivity contribution is 5.72. The molecular weight excluding hydrogens is 1400 g/mol. The van der Waals surface area contributed by atoms with Crippen LogP contribution in [0.4, 0.5) is 56.0 Å². The number of benzene rings is 6. The average molecular weight is 1490 g/mol. The number of piperazine rings is 2. The maximum Gasteiger partial charge on any atom is 0.161 e. The van der Waals surface area contributed by atoms with E-state index in [1.54, 1.807) is 62.1 Å². The number of halogens is 1. The molecule has 7 saturated heterocycles. The monoisotopic (exact) mass is 1490 g/mol. The number of aromatic nitrogens is 6. The Kier molecular flexibility index (Phi) is 25.5. The molecule has 0 radical (unpaired) electrons. The van der Waals surface area contributed by atoms with E-state index in [0.717, 1.165) is 159 Å². The van der Waals surface area contributed by atoms with Gasteiger partial charge in [-0.05, 0) is 122 Å². The van der Waals surface area contributed by atoms with Gasteiger partial charge in [0.15, 0.2) is 23.3 Å². The molecule has 10 heterocycles. The van der Waals surface area contributed by atoms with Crippen LogP contribution in [-0.2, 0) is 23.7 Å². The minimum Gasteiger partial charge on any atom is -0.494 e. The quantitative estimate of drug-likeness (QED) is 0.0639. The number of nitrogens with one attached hydrogen (secondary N) is 3. The van der Waals surface area contributed by atoms with Gasteiger partial charge in [0.1, 0.15) is 82.7 Å². The van der Waals surface area contributed by atoms with Crippen molar-refractivity contribution in [3.8, 4) is 75.4 Å². The summed E-state index contributed by atoms with van der Waals surface area (Å²) in [6.07, 6.45) is 10.2.